The van der Waals surface area contributed by atoms with E-state index in [9.17, 15) is 9.59 Å². The predicted octanol–water partition coefficient (Wildman–Crippen LogP) is 3.78. The molecule has 178 valence electrons. The van der Waals surface area contributed by atoms with Gasteiger partial charge in [0.1, 0.15) is 0 Å². The standard InChI is InChI=1S/C26H37N5O2/c1-5-6-14-31(26(33)20(2)3)19-25(32)30-16-7-15-29(17-18-30)24-13-12-23(27-28-24)22-10-8-21(4)9-11-22/h8-13,20H,5-7,14-19H2,1-4H3. The SMILES string of the molecule is CCCCN(CC(=O)N1CCCN(c2ccc(-c3ccc(C)cc3)nn2)CC1)C(=O)C(C)C. The quantitative estimate of drug-likeness (QED) is 0.611. The molecule has 33 heavy (non-hydrogen) atoms. The molecule has 0 radical (unpaired) electrons. The minimum absolute atomic E-state index is 0.0303. The Kier molecular flexibility index (Phi) is 8.80. The van der Waals surface area contributed by atoms with Crippen LogP contribution >= 0.6 is 0 Å². The van der Waals surface area contributed by atoms with Crippen LogP contribution in [-0.4, -0.2) is 71.1 Å². The normalized spacial score (nSPS) is 14.3. The lowest BCUT2D eigenvalue weighted by Crippen LogP contribution is -2.45. The van der Waals surface area contributed by atoms with Crippen LogP contribution in [0.5, 0.6) is 0 Å². The number of amides is 2. The highest BCUT2D eigenvalue weighted by Gasteiger charge is 2.25. The molecule has 3 rings (SSSR count). The zero-order chi connectivity index (χ0) is 23.8. The second kappa shape index (κ2) is 11.8. The Morgan fingerprint density at radius 1 is 1.00 bits per heavy atom. The first-order chi connectivity index (χ1) is 15.9. The number of unbranched alkanes of at least 4 members (excludes halogenated alkanes) is 1. The molecule has 1 fully saturated rings. The first kappa shape index (κ1) is 24.7. The van der Waals surface area contributed by atoms with Gasteiger partial charge in [-0.05, 0) is 31.9 Å². The summed E-state index contributed by atoms with van der Waals surface area (Å²) in [5.74, 6) is 0.815. The molecule has 0 atom stereocenters. The zero-order valence-corrected chi connectivity index (χ0v) is 20.5. The fourth-order valence-electron chi connectivity index (χ4n) is 4.01. The highest BCUT2D eigenvalue weighted by Crippen LogP contribution is 2.20. The Balaban J connectivity index is 1.59. The molecule has 7 heteroatoms. The van der Waals surface area contributed by atoms with Crippen molar-refractivity contribution in [1.82, 2.24) is 20.0 Å². The first-order valence-corrected chi connectivity index (χ1v) is 12.1. The molecule has 2 aromatic rings. The van der Waals surface area contributed by atoms with Gasteiger partial charge in [-0.15, -0.1) is 10.2 Å². The van der Waals surface area contributed by atoms with Crippen molar-refractivity contribution in [3.05, 3.63) is 42.0 Å². The van der Waals surface area contributed by atoms with E-state index in [1.165, 1.54) is 5.56 Å². The summed E-state index contributed by atoms with van der Waals surface area (Å²) < 4.78 is 0. The lowest BCUT2D eigenvalue weighted by molar-refractivity contribution is -0.142. The van der Waals surface area contributed by atoms with Crippen LogP contribution in [0.1, 0.15) is 45.6 Å². The number of carbonyl (C=O) groups is 2. The maximum atomic E-state index is 13.0. The minimum atomic E-state index is -0.101. The van der Waals surface area contributed by atoms with Crippen LogP contribution in [0.3, 0.4) is 0 Å². The van der Waals surface area contributed by atoms with Gasteiger partial charge in [-0.3, -0.25) is 9.59 Å². The average molecular weight is 452 g/mol. The number of aromatic nitrogens is 2. The average Bonchev–Trinajstić information content (AvgIpc) is 3.08. The second-order valence-corrected chi connectivity index (χ2v) is 9.13. The summed E-state index contributed by atoms with van der Waals surface area (Å²) in [6.07, 6.45) is 2.77. The Hall–Kier alpha value is -2.96. The van der Waals surface area contributed by atoms with Crippen molar-refractivity contribution in [1.29, 1.82) is 0 Å². The second-order valence-electron chi connectivity index (χ2n) is 9.13. The summed E-state index contributed by atoms with van der Waals surface area (Å²) in [4.78, 5) is 31.4. The largest absolute Gasteiger partial charge is 0.353 e. The Morgan fingerprint density at radius 2 is 1.76 bits per heavy atom. The lowest BCUT2D eigenvalue weighted by atomic mass is 10.1. The third-order valence-electron chi connectivity index (χ3n) is 6.08. The van der Waals surface area contributed by atoms with Crippen LogP contribution in [-0.2, 0) is 9.59 Å². The van der Waals surface area contributed by atoms with E-state index in [-0.39, 0.29) is 24.3 Å². The van der Waals surface area contributed by atoms with Crippen LogP contribution in [0.4, 0.5) is 5.82 Å². The Labute approximate surface area is 197 Å². The van der Waals surface area contributed by atoms with Crippen LogP contribution in [0.15, 0.2) is 36.4 Å². The van der Waals surface area contributed by atoms with Crippen molar-refractivity contribution in [2.24, 2.45) is 5.92 Å². The van der Waals surface area contributed by atoms with E-state index in [0.717, 1.165) is 42.9 Å². The lowest BCUT2D eigenvalue weighted by Gasteiger charge is -2.28. The number of anilines is 1. The van der Waals surface area contributed by atoms with Crippen molar-refractivity contribution < 1.29 is 9.59 Å². The van der Waals surface area contributed by atoms with E-state index in [0.29, 0.717) is 26.2 Å². The van der Waals surface area contributed by atoms with E-state index < -0.39 is 0 Å². The maximum Gasteiger partial charge on any atom is 0.242 e. The molecule has 0 saturated carbocycles. The summed E-state index contributed by atoms with van der Waals surface area (Å²) in [6, 6.07) is 12.3. The molecule has 1 aromatic heterocycles. The third-order valence-corrected chi connectivity index (χ3v) is 6.08. The number of hydrogen-bond donors (Lipinski definition) is 0. The molecule has 0 spiro atoms. The monoisotopic (exact) mass is 451 g/mol. The number of aryl methyl sites for hydroxylation is 1. The molecule has 7 nitrogen and oxygen atoms in total. The summed E-state index contributed by atoms with van der Waals surface area (Å²) in [7, 11) is 0. The van der Waals surface area contributed by atoms with Gasteiger partial charge in [0.25, 0.3) is 0 Å². The molecule has 2 amide bonds. The van der Waals surface area contributed by atoms with Crippen molar-refractivity contribution >= 4 is 17.6 Å². The molecule has 2 heterocycles. The molecular formula is C26H37N5O2. The number of benzene rings is 1. The van der Waals surface area contributed by atoms with Crippen LogP contribution in [0.25, 0.3) is 11.3 Å². The molecule has 0 unspecified atom stereocenters. The van der Waals surface area contributed by atoms with Gasteiger partial charge in [0, 0.05) is 44.2 Å². The minimum Gasteiger partial charge on any atom is -0.353 e. The van der Waals surface area contributed by atoms with Crippen molar-refractivity contribution in [3.8, 4) is 11.3 Å². The molecule has 0 N–H and O–H groups in total. The molecule has 1 saturated heterocycles. The van der Waals surface area contributed by atoms with Gasteiger partial charge in [-0.1, -0.05) is 57.0 Å². The fraction of sp³-hybridized carbons (Fsp3) is 0.538. The smallest absolute Gasteiger partial charge is 0.242 e. The molecule has 0 aliphatic carbocycles. The van der Waals surface area contributed by atoms with Gasteiger partial charge in [-0.25, -0.2) is 0 Å². The van der Waals surface area contributed by atoms with Gasteiger partial charge in [0.2, 0.25) is 11.8 Å². The van der Waals surface area contributed by atoms with Gasteiger partial charge >= 0.3 is 0 Å². The number of rotatable bonds is 8. The Morgan fingerprint density at radius 3 is 2.39 bits per heavy atom. The molecule has 1 aliphatic heterocycles. The summed E-state index contributed by atoms with van der Waals surface area (Å²) in [5.41, 5.74) is 3.12. The van der Waals surface area contributed by atoms with E-state index >= 15 is 0 Å². The van der Waals surface area contributed by atoms with Gasteiger partial charge in [-0.2, -0.15) is 0 Å². The molecule has 1 aromatic carbocycles. The summed E-state index contributed by atoms with van der Waals surface area (Å²) >= 11 is 0. The highest BCUT2D eigenvalue weighted by atomic mass is 16.2. The number of nitrogens with zero attached hydrogens (tertiary/aromatic N) is 5. The van der Waals surface area contributed by atoms with E-state index in [1.807, 2.05) is 30.9 Å². The zero-order valence-electron chi connectivity index (χ0n) is 20.5. The molecule has 1 aliphatic rings. The highest BCUT2D eigenvalue weighted by molar-refractivity contribution is 5.85. The third kappa shape index (κ3) is 6.76. The van der Waals surface area contributed by atoms with Gasteiger partial charge < -0.3 is 14.7 Å². The van der Waals surface area contributed by atoms with Crippen molar-refractivity contribution in [2.75, 3.05) is 44.2 Å². The van der Waals surface area contributed by atoms with Crippen molar-refractivity contribution in [2.45, 2.75) is 47.0 Å². The van der Waals surface area contributed by atoms with Crippen LogP contribution in [0.2, 0.25) is 0 Å². The fourth-order valence-corrected chi connectivity index (χ4v) is 4.01. The van der Waals surface area contributed by atoms with Gasteiger partial charge in [0.15, 0.2) is 5.82 Å². The number of hydrogen-bond acceptors (Lipinski definition) is 5. The maximum absolute atomic E-state index is 13.0. The van der Waals surface area contributed by atoms with E-state index in [2.05, 4.69) is 53.2 Å². The van der Waals surface area contributed by atoms with Gasteiger partial charge in [0.05, 0.1) is 12.2 Å². The molecular weight excluding hydrogens is 414 g/mol. The first-order valence-electron chi connectivity index (χ1n) is 12.1. The van der Waals surface area contributed by atoms with E-state index in [1.54, 1.807) is 4.90 Å². The van der Waals surface area contributed by atoms with Crippen LogP contribution < -0.4 is 4.90 Å². The van der Waals surface area contributed by atoms with Crippen LogP contribution in [0, 0.1) is 12.8 Å². The van der Waals surface area contributed by atoms with E-state index in [4.69, 9.17) is 0 Å². The topological polar surface area (TPSA) is 69.6 Å². The number of carbonyl (C=O) groups excluding carboxylic acids is 2. The summed E-state index contributed by atoms with van der Waals surface area (Å²) in [5, 5.41) is 8.88. The predicted molar refractivity (Wildman–Crippen MR) is 132 cm³/mol. The Bertz CT molecular complexity index is 911. The summed E-state index contributed by atoms with van der Waals surface area (Å²) in [6.45, 7) is 11.6. The van der Waals surface area contributed by atoms with Crippen molar-refractivity contribution in [3.63, 3.8) is 0 Å². The molecule has 0 bridgehead atoms.